The molecule has 90 valence electrons. The average Bonchev–Trinajstić information content (AvgIpc) is 2.10. The molecule has 0 aromatic carbocycles. The monoisotopic (exact) mass is 334 g/mol. The van der Waals surface area contributed by atoms with E-state index < -0.39 is 11.4 Å². The van der Waals surface area contributed by atoms with Crippen molar-refractivity contribution in [2.24, 2.45) is 22.2 Å². The molecule has 1 N–H and O–H groups in total. The van der Waals surface area contributed by atoms with E-state index in [1.165, 1.54) is 19.3 Å². The second kappa shape index (κ2) is 2.96. The minimum absolute atomic E-state index is 0.271. The molecule has 0 amide bonds. The first-order chi connectivity index (χ1) is 7.30. The van der Waals surface area contributed by atoms with Gasteiger partial charge in [0.1, 0.15) is 0 Å². The highest BCUT2D eigenvalue weighted by molar-refractivity contribution is 14.1. The molecule has 5 unspecified atom stereocenters. The third-order valence-electron chi connectivity index (χ3n) is 5.29. The van der Waals surface area contributed by atoms with Crippen LogP contribution >= 0.6 is 22.6 Å². The van der Waals surface area contributed by atoms with Gasteiger partial charge in [-0.15, -0.1) is 0 Å². The quantitative estimate of drug-likeness (QED) is 0.589. The highest BCUT2D eigenvalue weighted by Crippen LogP contribution is 2.71. The highest BCUT2D eigenvalue weighted by atomic mass is 127. The summed E-state index contributed by atoms with van der Waals surface area (Å²) in [5.41, 5.74) is 0.159. The Hall–Kier alpha value is 0.200. The lowest BCUT2D eigenvalue weighted by Crippen LogP contribution is -2.64. The predicted molar refractivity (Wildman–Crippen MR) is 70.7 cm³/mol. The number of carboxylic acid groups (broad SMARTS) is 1. The third-order valence-corrected chi connectivity index (χ3v) is 7.98. The van der Waals surface area contributed by atoms with E-state index in [4.69, 9.17) is 0 Å². The largest absolute Gasteiger partial charge is 0.481 e. The fourth-order valence-corrected chi connectivity index (χ4v) is 6.72. The van der Waals surface area contributed by atoms with Gasteiger partial charge < -0.3 is 5.11 Å². The number of alkyl halides is 1. The lowest BCUT2D eigenvalue weighted by molar-refractivity contribution is -0.180. The van der Waals surface area contributed by atoms with Crippen LogP contribution in [0.5, 0.6) is 0 Å². The summed E-state index contributed by atoms with van der Waals surface area (Å²) in [6.07, 6.45) is 5.60. The van der Waals surface area contributed by atoms with Gasteiger partial charge in [-0.05, 0) is 48.9 Å². The van der Waals surface area contributed by atoms with Gasteiger partial charge >= 0.3 is 5.97 Å². The first kappa shape index (κ1) is 11.3. The van der Waals surface area contributed by atoms with Crippen LogP contribution in [0.4, 0.5) is 0 Å². The maximum Gasteiger partial charge on any atom is 0.310 e. The minimum Gasteiger partial charge on any atom is -0.481 e. The van der Waals surface area contributed by atoms with Crippen molar-refractivity contribution in [1.82, 2.24) is 0 Å². The summed E-state index contributed by atoms with van der Waals surface area (Å²) in [6.45, 7) is 4.64. The molecule has 4 saturated carbocycles. The maximum absolute atomic E-state index is 11.7. The van der Waals surface area contributed by atoms with Crippen LogP contribution in [0.2, 0.25) is 0 Å². The third kappa shape index (κ3) is 1.21. The molecule has 0 aliphatic heterocycles. The molecule has 5 atom stereocenters. The van der Waals surface area contributed by atoms with Crippen molar-refractivity contribution in [3.05, 3.63) is 0 Å². The van der Waals surface area contributed by atoms with E-state index >= 15 is 0 Å². The molecule has 4 aliphatic carbocycles. The zero-order chi connectivity index (χ0) is 11.8. The normalized spacial score (nSPS) is 58.9. The van der Waals surface area contributed by atoms with Crippen LogP contribution in [0.15, 0.2) is 0 Å². The fourth-order valence-electron chi connectivity index (χ4n) is 5.50. The second-order valence-electron chi connectivity index (χ2n) is 7.12. The summed E-state index contributed by atoms with van der Waals surface area (Å²) in [6, 6.07) is 0. The number of halogens is 1. The number of carboxylic acids is 1. The number of hydrogen-bond acceptors (Lipinski definition) is 1. The minimum atomic E-state index is -0.534. The van der Waals surface area contributed by atoms with Gasteiger partial charge in [-0.3, -0.25) is 4.79 Å². The molecule has 4 aliphatic rings. The summed E-state index contributed by atoms with van der Waals surface area (Å²) in [5.74, 6) is 0.132. The topological polar surface area (TPSA) is 37.3 Å². The summed E-state index contributed by atoms with van der Waals surface area (Å²) < 4.78 is 0.319. The Bertz CT molecular complexity index is 369. The van der Waals surface area contributed by atoms with Gasteiger partial charge in [0.05, 0.1) is 5.41 Å². The molecule has 4 rings (SSSR count). The van der Waals surface area contributed by atoms with Gasteiger partial charge in [0.15, 0.2) is 0 Å². The zero-order valence-corrected chi connectivity index (χ0v) is 12.1. The molecule has 4 fully saturated rings. The maximum atomic E-state index is 11.7. The Labute approximate surface area is 110 Å². The summed E-state index contributed by atoms with van der Waals surface area (Å²) in [7, 11) is 0. The zero-order valence-electron chi connectivity index (χ0n) is 9.92. The molecule has 0 aromatic rings. The summed E-state index contributed by atoms with van der Waals surface area (Å²) in [5, 5.41) is 9.67. The van der Waals surface area contributed by atoms with Crippen molar-refractivity contribution in [2.75, 3.05) is 0 Å². The molecular weight excluding hydrogens is 315 g/mol. The molecule has 4 bridgehead atoms. The second-order valence-corrected chi connectivity index (χ2v) is 8.37. The summed E-state index contributed by atoms with van der Waals surface area (Å²) in [4.78, 5) is 11.7. The lowest BCUT2D eigenvalue weighted by atomic mass is 9.40. The van der Waals surface area contributed by atoms with Gasteiger partial charge in [-0.1, -0.05) is 36.4 Å². The fraction of sp³-hybridized carbons (Fsp3) is 0.923. The van der Waals surface area contributed by atoms with Crippen molar-refractivity contribution >= 4 is 28.6 Å². The molecule has 16 heavy (non-hydrogen) atoms. The van der Waals surface area contributed by atoms with Gasteiger partial charge in [0, 0.05) is 3.92 Å². The molecule has 0 saturated heterocycles. The van der Waals surface area contributed by atoms with Crippen LogP contribution < -0.4 is 0 Å². The standard InChI is InChI=1S/C13H19IO2/c1-11-3-8-4-12(2,6-11)9(14)13(5-8,7-11)10(15)16/h8-9H,3-7H2,1-2H3,(H,15,16). The Morgan fingerprint density at radius 3 is 2.50 bits per heavy atom. The molecule has 0 heterocycles. The van der Waals surface area contributed by atoms with Crippen LogP contribution in [-0.4, -0.2) is 15.0 Å². The average molecular weight is 334 g/mol. The molecule has 2 nitrogen and oxygen atoms in total. The van der Waals surface area contributed by atoms with E-state index in [1.807, 2.05) is 0 Å². The molecule has 0 spiro atoms. The van der Waals surface area contributed by atoms with E-state index in [0.29, 0.717) is 15.3 Å². The van der Waals surface area contributed by atoms with E-state index in [-0.39, 0.29) is 5.41 Å². The first-order valence-corrected chi connectivity index (χ1v) is 7.42. The van der Waals surface area contributed by atoms with E-state index in [1.54, 1.807) is 0 Å². The van der Waals surface area contributed by atoms with Gasteiger partial charge in [0.2, 0.25) is 0 Å². The van der Waals surface area contributed by atoms with Crippen molar-refractivity contribution in [3.63, 3.8) is 0 Å². The molecule has 0 radical (unpaired) electrons. The van der Waals surface area contributed by atoms with Crippen LogP contribution in [0.3, 0.4) is 0 Å². The van der Waals surface area contributed by atoms with Crippen LogP contribution in [0, 0.1) is 22.2 Å². The van der Waals surface area contributed by atoms with Gasteiger partial charge in [0.25, 0.3) is 0 Å². The lowest BCUT2D eigenvalue weighted by Gasteiger charge is -2.66. The van der Waals surface area contributed by atoms with Crippen molar-refractivity contribution < 1.29 is 9.90 Å². The Balaban J connectivity index is 2.11. The Kier molecular flexibility index (Phi) is 2.09. The highest BCUT2D eigenvalue weighted by Gasteiger charge is 2.67. The van der Waals surface area contributed by atoms with Crippen LogP contribution in [-0.2, 0) is 4.79 Å². The smallest absolute Gasteiger partial charge is 0.310 e. The molecule has 3 heteroatoms. The number of aliphatic carboxylic acids is 1. The summed E-state index contributed by atoms with van der Waals surface area (Å²) >= 11 is 2.44. The van der Waals surface area contributed by atoms with Gasteiger partial charge in [-0.25, -0.2) is 0 Å². The van der Waals surface area contributed by atoms with Crippen LogP contribution in [0.25, 0.3) is 0 Å². The van der Waals surface area contributed by atoms with Crippen LogP contribution in [0.1, 0.15) is 46.0 Å². The number of carbonyl (C=O) groups is 1. The van der Waals surface area contributed by atoms with Gasteiger partial charge in [-0.2, -0.15) is 0 Å². The van der Waals surface area contributed by atoms with E-state index in [9.17, 15) is 9.90 Å². The Morgan fingerprint density at radius 2 is 1.94 bits per heavy atom. The Morgan fingerprint density at radius 1 is 1.25 bits per heavy atom. The molecule has 0 aromatic heterocycles. The van der Waals surface area contributed by atoms with Crippen molar-refractivity contribution in [3.8, 4) is 0 Å². The molecular formula is C13H19IO2. The van der Waals surface area contributed by atoms with E-state index in [2.05, 4.69) is 36.4 Å². The number of hydrogen-bond donors (Lipinski definition) is 1. The SMILES string of the molecule is CC12CC3CC(C)(C1)C(I)C(C(=O)O)(C3)C2. The number of rotatable bonds is 1. The van der Waals surface area contributed by atoms with Crippen molar-refractivity contribution in [1.29, 1.82) is 0 Å². The first-order valence-electron chi connectivity index (χ1n) is 6.17. The predicted octanol–water partition coefficient (Wildman–Crippen LogP) is 3.48. The van der Waals surface area contributed by atoms with E-state index in [0.717, 1.165) is 12.8 Å². The van der Waals surface area contributed by atoms with Crippen molar-refractivity contribution in [2.45, 2.75) is 49.9 Å².